The summed E-state index contributed by atoms with van der Waals surface area (Å²) in [7, 11) is -4.12. The number of carboxylic acid groups (broad SMARTS) is 5. The van der Waals surface area contributed by atoms with Crippen LogP contribution in [0.15, 0.2) is 4.34 Å². The van der Waals surface area contributed by atoms with Crippen LogP contribution in [0.3, 0.4) is 0 Å². The first kappa shape index (κ1) is 54.5. The Morgan fingerprint density at radius 3 is 1.35 bits per heavy atom. The quantitative estimate of drug-likeness (QED) is 0.0195. The number of aliphatic carboxylic acids is 5. The molecule has 0 spiro atoms. The predicted molar refractivity (Wildman–Crippen MR) is 211 cm³/mol. The Balaban J connectivity index is 2.83. The topological polar surface area (TPSA) is 476 Å². The largest absolute Gasteiger partial charge is 0.481 e. The van der Waals surface area contributed by atoms with E-state index in [1.54, 1.807) is 0 Å². The van der Waals surface area contributed by atoms with E-state index in [4.69, 9.17) is 10.2 Å². The molecule has 0 unspecified atom stereocenters. The highest BCUT2D eigenvalue weighted by Gasteiger charge is 2.35. The van der Waals surface area contributed by atoms with E-state index < -0.39 is 147 Å². The third kappa shape index (κ3) is 22.2. The molecule has 5 atom stereocenters. The van der Waals surface area contributed by atoms with Gasteiger partial charge in [-0.1, -0.05) is 17.8 Å². The van der Waals surface area contributed by atoms with E-state index in [0.717, 1.165) is 0 Å². The zero-order valence-corrected chi connectivity index (χ0v) is 35.1. The van der Waals surface area contributed by atoms with Crippen LogP contribution < -0.4 is 42.4 Å². The van der Waals surface area contributed by atoms with Crippen LogP contribution in [0, 0.1) is 0 Å². The van der Waals surface area contributed by atoms with Crippen molar-refractivity contribution in [3.05, 3.63) is 0 Å². The van der Waals surface area contributed by atoms with E-state index in [1.165, 1.54) is 0 Å². The molecule has 0 radical (unpaired) electrons. The first-order valence-corrected chi connectivity index (χ1v) is 21.0. The van der Waals surface area contributed by atoms with Crippen LogP contribution in [0.2, 0.25) is 0 Å². The molecule has 1 aromatic rings. The Labute approximate surface area is 364 Å². The van der Waals surface area contributed by atoms with Gasteiger partial charge in [0.05, 0.1) is 25.7 Å². The summed E-state index contributed by atoms with van der Waals surface area (Å²) in [6.45, 7) is 0.115. The minimum absolute atomic E-state index is 0.115. The molecule has 32 heteroatoms. The zero-order valence-electron chi connectivity index (χ0n) is 32.6. The van der Waals surface area contributed by atoms with E-state index in [0.29, 0.717) is 24.2 Å². The normalized spacial score (nSPS) is 13.3. The Kier molecular flexibility index (Phi) is 23.1. The van der Waals surface area contributed by atoms with Crippen LogP contribution in [-0.4, -0.2) is 158 Å². The number of nitrogens with two attached hydrogens (primary N) is 1. The zero-order chi connectivity index (χ0) is 48.0. The number of anilines is 1. The lowest BCUT2D eigenvalue weighted by atomic mass is 10.1. The molecule has 0 aliphatic rings. The van der Waals surface area contributed by atoms with Gasteiger partial charge >= 0.3 is 29.8 Å². The maximum Gasteiger partial charge on any atom is 0.327 e. The number of primary sulfonamides is 1. The Hall–Kier alpha value is -6.54. The maximum atomic E-state index is 13.2. The number of hydrogen-bond donors (Lipinski definition) is 14. The van der Waals surface area contributed by atoms with E-state index in [-0.39, 0.29) is 37.4 Å². The van der Waals surface area contributed by atoms with Crippen LogP contribution in [0.1, 0.15) is 64.2 Å². The minimum Gasteiger partial charge on any atom is -0.481 e. The smallest absolute Gasteiger partial charge is 0.327 e. The van der Waals surface area contributed by atoms with Crippen molar-refractivity contribution in [3.8, 4) is 0 Å². The number of unbranched alkanes of at least 4 members (excludes halogenated alkanes) is 2. The molecule has 0 saturated heterocycles. The summed E-state index contributed by atoms with van der Waals surface area (Å²) in [6.07, 6.45) is -4.77. The molecule has 0 fully saturated rings. The first-order valence-electron chi connectivity index (χ1n) is 18.0. The highest BCUT2D eigenvalue weighted by Crippen LogP contribution is 2.18. The molecule has 0 aliphatic heterocycles. The van der Waals surface area contributed by atoms with E-state index in [1.807, 2.05) is 21.3 Å². The number of amides is 7. The highest BCUT2D eigenvalue weighted by molar-refractivity contribution is 7.91. The van der Waals surface area contributed by atoms with Crippen molar-refractivity contribution in [2.75, 3.05) is 17.6 Å². The van der Waals surface area contributed by atoms with Gasteiger partial charge in [0, 0.05) is 31.6 Å². The number of thiol groups is 1. The third-order valence-corrected chi connectivity index (χ3v) is 10.3. The number of rotatable bonds is 30. The van der Waals surface area contributed by atoms with E-state index >= 15 is 0 Å². The summed E-state index contributed by atoms with van der Waals surface area (Å²) < 4.78 is 22.0. The summed E-state index contributed by atoms with van der Waals surface area (Å²) in [4.78, 5) is 146. The highest BCUT2D eigenvalue weighted by atomic mass is 32.2. The third-order valence-electron chi connectivity index (χ3n) is 7.74. The van der Waals surface area contributed by atoms with Crippen molar-refractivity contribution in [1.82, 2.24) is 42.1 Å². The van der Waals surface area contributed by atoms with Gasteiger partial charge in [-0.25, -0.2) is 18.4 Å². The molecule has 0 bridgehead atoms. The molecule has 0 saturated carbocycles. The Bertz CT molecular complexity index is 2010. The van der Waals surface area contributed by atoms with E-state index in [9.17, 15) is 86.4 Å². The fraction of sp³-hybridized carbons (Fsp3) is 0.548. The van der Waals surface area contributed by atoms with Crippen molar-refractivity contribution < 1.29 is 91.5 Å². The summed E-state index contributed by atoms with van der Waals surface area (Å²) in [5.74, 6) is -16.7. The molecule has 1 aromatic heterocycles. The number of sulfonamides is 1. The number of nitrogens with zero attached hydrogens (tertiary/aromatic N) is 2. The minimum atomic E-state index is -4.12. The number of carboxylic acids is 5. The van der Waals surface area contributed by atoms with Crippen molar-refractivity contribution in [3.63, 3.8) is 0 Å². The molecule has 1 heterocycles. The lowest BCUT2D eigenvalue weighted by molar-refractivity contribution is -0.145. The van der Waals surface area contributed by atoms with Gasteiger partial charge in [0.1, 0.15) is 30.2 Å². The van der Waals surface area contributed by atoms with Gasteiger partial charge in [0.2, 0.25) is 50.8 Å². The van der Waals surface area contributed by atoms with Gasteiger partial charge in [-0.2, -0.15) is 12.6 Å². The lowest BCUT2D eigenvalue weighted by Crippen LogP contribution is -2.59. The number of carbonyl (C=O) groups excluding carboxylic acids is 7. The van der Waals surface area contributed by atoms with E-state index in [2.05, 4.69) is 38.8 Å². The second kappa shape index (κ2) is 26.7. The first-order chi connectivity index (χ1) is 29.3. The monoisotopic (exact) mass is 956 g/mol. The van der Waals surface area contributed by atoms with Gasteiger partial charge in [-0.15, -0.1) is 10.2 Å². The summed E-state index contributed by atoms with van der Waals surface area (Å²) in [6, 6.07) is -9.91. The molecule has 350 valence electrons. The van der Waals surface area contributed by atoms with Crippen molar-refractivity contribution >= 4 is 110 Å². The van der Waals surface area contributed by atoms with Gasteiger partial charge in [-0.05, 0) is 12.8 Å². The summed E-state index contributed by atoms with van der Waals surface area (Å²) in [5, 5.41) is 72.5. The standard InChI is InChI=1S/C31H44N10O19S3/c32-63(59,60)31-41-40-30(62-31)39-20(44)6-5-18(42)33-7-3-1-2-4-19(43)34-13(8-21(45)46)25(53)35-14(9-22(47)48)26(54)36-15(10-23(49)50)27(55)37-16(11-24(51)52)28(56)38-17(12-61)29(57)58/h13-17,61H,1-12H2,(H,33,42)(H,34,43)(H,35,53)(H,36,54)(H,37,55)(H,38,56)(H,45,46)(H,47,48)(H,49,50)(H,51,52)(H,57,58)(H2,32,59,60)(H,39,40,44)/t13-,14-,15-,16-,17-/m0/s1. The fourth-order valence-electron chi connectivity index (χ4n) is 4.76. The van der Waals surface area contributed by atoms with Gasteiger partial charge in [0.15, 0.2) is 0 Å². The van der Waals surface area contributed by atoms with Crippen LogP contribution in [0.5, 0.6) is 0 Å². The average molecular weight is 957 g/mol. The molecular formula is C31H44N10O19S3. The van der Waals surface area contributed by atoms with Crippen LogP contribution in [0.4, 0.5) is 5.13 Å². The molecule has 1 rings (SSSR count). The van der Waals surface area contributed by atoms with Gasteiger partial charge < -0.3 is 62.8 Å². The van der Waals surface area contributed by atoms with Crippen molar-refractivity contribution in [2.45, 2.75) is 98.8 Å². The molecular weight excluding hydrogens is 913 g/mol. The van der Waals surface area contributed by atoms with Gasteiger partial charge in [0.25, 0.3) is 10.0 Å². The van der Waals surface area contributed by atoms with Crippen LogP contribution >= 0.6 is 24.0 Å². The molecule has 7 amide bonds. The summed E-state index contributed by atoms with van der Waals surface area (Å²) in [5.41, 5.74) is 0. The SMILES string of the molecule is NS(=O)(=O)c1nnc(NC(=O)CCC(=O)NCCCCCC(=O)N[C@@H](CC(=O)O)C(=O)N[C@@H](CC(=O)O)C(=O)N[C@@H](CC(=O)O)C(=O)N[C@@H](CC(=O)O)C(=O)N[C@@H](CS)C(=O)O)s1. The number of nitrogens with one attached hydrogen (secondary N) is 7. The molecule has 0 aliphatic carbocycles. The Morgan fingerprint density at radius 1 is 0.556 bits per heavy atom. The molecule has 14 N–H and O–H groups in total. The maximum absolute atomic E-state index is 13.2. The number of hydrogen-bond acceptors (Lipinski definition) is 18. The fourth-order valence-corrected chi connectivity index (χ4v) is 6.36. The number of carbonyl (C=O) groups is 12. The predicted octanol–water partition coefficient (Wildman–Crippen LogP) is -5.08. The number of aromatic nitrogens is 2. The van der Waals surface area contributed by atoms with Crippen molar-refractivity contribution in [1.29, 1.82) is 0 Å². The van der Waals surface area contributed by atoms with Crippen LogP contribution in [0.25, 0.3) is 0 Å². The second-order valence-electron chi connectivity index (χ2n) is 12.9. The molecule has 29 nitrogen and oxygen atoms in total. The van der Waals surface area contributed by atoms with Gasteiger partial charge in [-0.3, -0.25) is 52.7 Å². The second-order valence-corrected chi connectivity index (χ2v) is 16.0. The van der Waals surface area contributed by atoms with Crippen molar-refractivity contribution in [2.24, 2.45) is 5.14 Å². The molecule has 63 heavy (non-hydrogen) atoms. The average Bonchev–Trinajstić information content (AvgIpc) is 3.64. The van der Waals surface area contributed by atoms with Crippen LogP contribution in [-0.2, 0) is 67.6 Å². The Morgan fingerprint density at radius 2 is 0.968 bits per heavy atom. The molecule has 0 aromatic carbocycles. The summed E-state index contributed by atoms with van der Waals surface area (Å²) >= 11 is 4.25. The lowest BCUT2D eigenvalue weighted by Gasteiger charge is -2.25.